The lowest BCUT2D eigenvalue weighted by atomic mass is 9.99. The molecule has 0 aromatic heterocycles. The Morgan fingerprint density at radius 1 is 1.46 bits per heavy atom. The van der Waals surface area contributed by atoms with Gasteiger partial charge in [-0.15, -0.1) is 0 Å². The first-order valence-corrected chi connectivity index (χ1v) is 4.44. The minimum absolute atomic E-state index is 0.102. The van der Waals surface area contributed by atoms with Gasteiger partial charge >= 0.3 is 0 Å². The van der Waals surface area contributed by atoms with Crippen molar-refractivity contribution >= 4 is 0 Å². The second-order valence-electron chi connectivity index (χ2n) is 3.25. The summed E-state index contributed by atoms with van der Waals surface area (Å²) in [5.41, 5.74) is 2.36. The topological polar surface area (TPSA) is 29.5 Å². The number of hydrogen-bond acceptors (Lipinski definition) is 2. The molecule has 0 spiro atoms. The predicted molar refractivity (Wildman–Crippen MR) is 52.9 cm³/mol. The van der Waals surface area contributed by atoms with Crippen LogP contribution in [-0.4, -0.2) is 25.4 Å². The Morgan fingerprint density at radius 2 is 2.23 bits per heavy atom. The maximum Gasteiger partial charge on any atom is 0.0553 e. The fourth-order valence-corrected chi connectivity index (χ4v) is 1.38. The number of aliphatic hydroxyl groups excluding tert-OH is 1. The van der Waals surface area contributed by atoms with Crippen LogP contribution in [0.5, 0.6) is 0 Å². The lowest BCUT2D eigenvalue weighted by Gasteiger charge is -2.13. The summed E-state index contributed by atoms with van der Waals surface area (Å²) in [6, 6.07) is 8.15. The third kappa shape index (κ3) is 2.83. The lowest BCUT2D eigenvalue weighted by Crippen LogP contribution is -2.10. The third-order valence-corrected chi connectivity index (χ3v) is 2.10. The van der Waals surface area contributed by atoms with Gasteiger partial charge in [0.25, 0.3) is 0 Å². The van der Waals surface area contributed by atoms with Crippen molar-refractivity contribution in [1.82, 2.24) is 0 Å². The average molecular weight is 180 g/mol. The zero-order valence-electron chi connectivity index (χ0n) is 8.16. The number of rotatable bonds is 4. The Kier molecular flexibility index (Phi) is 3.93. The molecule has 0 amide bonds. The number of ether oxygens (including phenoxy) is 1. The van der Waals surface area contributed by atoms with Gasteiger partial charge in [0.1, 0.15) is 0 Å². The quantitative estimate of drug-likeness (QED) is 0.764. The minimum Gasteiger partial charge on any atom is -0.396 e. The minimum atomic E-state index is 0.102. The zero-order chi connectivity index (χ0) is 9.68. The summed E-state index contributed by atoms with van der Waals surface area (Å²) in [4.78, 5) is 0. The van der Waals surface area contributed by atoms with E-state index in [4.69, 9.17) is 9.84 Å². The van der Waals surface area contributed by atoms with Gasteiger partial charge in [0.2, 0.25) is 0 Å². The van der Waals surface area contributed by atoms with Crippen molar-refractivity contribution < 1.29 is 9.84 Å². The average Bonchev–Trinajstić information content (AvgIpc) is 2.14. The summed E-state index contributed by atoms with van der Waals surface area (Å²) < 4.78 is 5.03. The van der Waals surface area contributed by atoms with Crippen molar-refractivity contribution in [3.63, 3.8) is 0 Å². The van der Waals surface area contributed by atoms with Crippen LogP contribution in [0.3, 0.4) is 0 Å². The molecule has 1 aromatic rings. The van der Waals surface area contributed by atoms with Crippen molar-refractivity contribution in [3.8, 4) is 0 Å². The van der Waals surface area contributed by atoms with Crippen LogP contribution < -0.4 is 0 Å². The van der Waals surface area contributed by atoms with Crippen molar-refractivity contribution in [1.29, 1.82) is 0 Å². The van der Waals surface area contributed by atoms with Crippen LogP contribution in [-0.2, 0) is 4.74 Å². The third-order valence-electron chi connectivity index (χ3n) is 2.10. The zero-order valence-corrected chi connectivity index (χ0v) is 8.16. The van der Waals surface area contributed by atoms with Crippen LogP contribution in [0.1, 0.15) is 17.0 Å². The molecule has 0 saturated carbocycles. The number of aliphatic hydroxyl groups is 1. The molecule has 0 radical (unpaired) electrons. The molecule has 2 heteroatoms. The molecule has 0 saturated heterocycles. The van der Waals surface area contributed by atoms with Crippen LogP contribution in [0.4, 0.5) is 0 Å². The van der Waals surface area contributed by atoms with E-state index < -0.39 is 0 Å². The van der Waals surface area contributed by atoms with E-state index in [0.717, 1.165) is 5.56 Å². The van der Waals surface area contributed by atoms with Gasteiger partial charge in [0, 0.05) is 13.0 Å². The van der Waals surface area contributed by atoms with Crippen LogP contribution in [0.15, 0.2) is 24.3 Å². The van der Waals surface area contributed by atoms with Gasteiger partial charge in [-0.1, -0.05) is 29.8 Å². The van der Waals surface area contributed by atoms with Crippen molar-refractivity contribution in [2.75, 3.05) is 20.3 Å². The van der Waals surface area contributed by atoms with Gasteiger partial charge < -0.3 is 9.84 Å². The Morgan fingerprint density at radius 3 is 2.77 bits per heavy atom. The fraction of sp³-hybridized carbons (Fsp3) is 0.455. The lowest BCUT2D eigenvalue weighted by molar-refractivity contribution is 0.144. The smallest absolute Gasteiger partial charge is 0.0553 e. The number of methoxy groups -OCH3 is 1. The van der Waals surface area contributed by atoms with E-state index in [-0.39, 0.29) is 12.5 Å². The molecule has 0 heterocycles. The first kappa shape index (κ1) is 10.2. The van der Waals surface area contributed by atoms with Gasteiger partial charge in [-0.2, -0.15) is 0 Å². The van der Waals surface area contributed by atoms with Gasteiger partial charge in [-0.25, -0.2) is 0 Å². The van der Waals surface area contributed by atoms with E-state index in [1.807, 2.05) is 25.1 Å². The molecule has 13 heavy (non-hydrogen) atoms. The highest BCUT2D eigenvalue weighted by molar-refractivity contribution is 5.25. The second kappa shape index (κ2) is 5.00. The molecule has 0 fully saturated rings. The maximum absolute atomic E-state index is 9.12. The molecule has 72 valence electrons. The SMILES string of the molecule is COCC(CO)c1cccc(C)c1. The summed E-state index contributed by atoms with van der Waals surface area (Å²) in [5, 5.41) is 9.12. The Balaban J connectivity index is 2.78. The largest absolute Gasteiger partial charge is 0.396 e. The van der Waals surface area contributed by atoms with Gasteiger partial charge in [-0.3, -0.25) is 0 Å². The van der Waals surface area contributed by atoms with E-state index in [1.165, 1.54) is 5.56 Å². The molecule has 1 aromatic carbocycles. The van der Waals surface area contributed by atoms with E-state index in [9.17, 15) is 0 Å². The Hall–Kier alpha value is -0.860. The van der Waals surface area contributed by atoms with Gasteiger partial charge in [0.15, 0.2) is 0 Å². The van der Waals surface area contributed by atoms with Crippen LogP contribution in [0.25, 0.3) is 0 Å². The molecule has 0 aliphatic carbocycles. The first-order valence-electron chi connectivity index (χ1n) is 4.44. The van der Waals surface area contributed by atoms with Crippen LogP contribution >= 0.6 is 0 Å². The monoisotopic (exact) mass is 180 g/mol. The van der Waals surface area contributed by atoms with E-state index >= 15 is 0 Å². The van der Waals surface area contributed by atoms with Crippen molar-refractivity contribution in [2.24, 2.45) is 0 Å². The molecule has 0 bridgehead atoms. The standard InChI is InChI=1S/C11H16O2/c1-9-4-3-5-10(6-9)11(7-12)8-13-2/h3-6,11-12H,7-8H2,1-2H3. The van der Waals surface area contributed by atoms with Crippen molar-refractivity contribution in [3.05, 3.63) is 35.4 Å². The predicted octanol–water partition coefficient (Wildman–Crippen LogP) is 1.72. The maximum atomic E-state index is 9.12. The highest BCUT2D eigenvalue weighted by Crippen LogP contribution is 2.16. The summed E-state index contributed by atoms with van der Waals surface area (Å²) in [5.74, 6) is 0.102. The van der Waals surface area contributed by atoms with E-state index in [1.54, 1.807) is 7.11 Å². The number of aryl methyl sites for hydroxylation is 1. The Bertz CT molecular complexity index is 258. The van der Waals surface area contributed by atoms with Gasteiger partial charge in [-0.05, 0) is 12.5 Å². The van der Waals surface area contributed by atoms with Crippen molar-refractivity contribution in [2.45, 2.75) is 12.8 Å². The molecule has 1 N–H and O–H groups in total. The number of hydrogen-bond donors (Lipinski definition) is 1. The molecule has 1 unspecified atom stereocenters. The Labute approximate surface area is 79.2 Å². The molecule has 2 nitrogen and oxygen atoms in total. The molecule has 0 aliphatic heterocycles. The second-order valence-corrected chi connectivity index (χ2v) is 3.25. The van der Waals surface area contributed by atoms with Crippen LogP contribution in [0, 0.1) is 6.92 Å². The summed E-state index contributed by atoms with van der Waals surface area (Å²) >= 11 is 0. The van der Waals surface area contributed by atoms with E-state index in [2.05, 4.69) is 6.07 Å². The molecule has 1 atom stereocenters. The summed E-state index contributed by atoms with van der Waals surface area (Å²) in [6.07, 6.45) is 0. The summed E-state index contributed by atoms with van der Waals surface area (Å²) in [7, 11) is 1.65. The normalized spacial score (nSPS) is 12.8. The van der Waals surface area contributed by atoms with Crippen LogP contribution in [0.2, 0.25) is 0 Å². The first-order chi connectivity index (χ1) is 6.27. The molecule has 1 rings (SSSR count). The fourth-order valence-electron chi connectivity index (χ4n) is 1.38. The highest BCUT2D eigenvalue weighted by Gasteiger charge is 2.09. The molecular formula is C11H16O2. The van der Waals surface area contributed by atoms with Gasteiger partial charge in [0.05, 0.1) is 13.2 Å². The molecule has 0 aliphatic rings. The summed E-state index contributed by atoms with van der Waals surface area (Å²) in [6.45, 7) is 2.75. The number of benzene rings is 1. The molecular weight excluding hydrogens is 164 g/mol. The highest BCUT2D eigenvalue weighted by atomic mass is 16.5. The van der Waals surface area contributed by atoms with E-state index in [0.29, 0.717) is 6.61 Å².